The van der Waals surface area contributed by atoms with Crippen LogP contribution in [0.15, 0.2) is 66.4 Å². The Bertz CT molecular complexity index is 2020. The van der Waals surface area contributed by atoms with Gasteiger partial charge < -0.3 is 4.74 Å². The molecule has 0 aromatic heterocycles. The second kappa shape index (κ2) is 10.2. The minimum atomic E-state index is -5.13. The van der Waals surface area contributed by atoms with Gasteiger partial charge in [0.05, 0.1) is 24.8 Å². The molecular formula is C32H13F5N4O. The number of alkyl halides is 3. The van der Waals surface area contributed by atoms with Crippen molar-refractivity contribution in [3.05, 3.63) is 123 Å². The Morgan fingerprint density at radius 2 is 1.40 bits per heavy atom. The number of hydrogen-bond acceptors (Lipinski definition) is 3. The number of nitrogens with zero attached hydrogens (tertiary/aromatic N) is 4. The third-order valence-corrected chi connectivity index (χ3v) is 6.77. The van der Waals surface area contributed by atoms with Gasteiger partial charge in [0.15, 0.2) is 0 Å². The van der Waals surface area contributed by atoms with Gasteiger partial charge in [0.25, 0.3) is 5.70 Å². The van der Waals surface area contributed by atoms with Gasteiger partial charge >= 0.3 is 6.36 Å². The summed E-state index contributed by atoms with van der Waals surface area (Å²) in [6.07, 6.45) is -5.13. The maximum Gasteiger partial charge on any atom is 0.573 e. The van der Waals surface area contributed by atoms with E-state index in [4.69, 9.17) is 18.4 Å². The molecule has 5 rings (SSSR count). The first-order valence-corrected chi connectivity index (χ1v) is 12.0. The van der Waals surface area contributed by atoms with Crippen molar-refractivity contribution in [2.24, 2.45) is 0 Å². The lowest BCUT2D eigenvalue weighted by Gasteiger charge is -2.16. The van der Waals surface area contributed by atoms with Gasteiger partial charge in [-0.2, -0.15) is 5.26 Å². The van der Waals surface area contributed by atoms with Crippen molar-refractivity contribution in [1.29, 1.82) is 10.5 Å². The molecule has 4 aromatic carbocycles. The Kier molecular flexibility index (Phi) is 6.71. The first-order valence-electron chi connectivity index (χ1n) is 12.0. The molecule has 0 aliphatic heterocycles. The molecule has 42 heavy (non-hydrogen) atoms. The molecule has 0 saturated heterocycles. The van der Waals surface area contributed by atoms with Crippen LogP contribution in [0.25, 0.3) is 48.6 Å². The summed E-state index contributed by atoms with van der Waals surface area (Å²) in [5.74, 6) is -2.38. The summed E-state index contributed by atoms with van der Waals surface area (Å²) in [6, 6.07) is 16.6. The highest BCUT2D eigenvalue weighted by atomic mass is 19.4. The van der Waals surface area contributed by atoms with Gasteiger partial charge in [0.2, 0.25) is 5.69 Å². The van der Waals surface area contributed by atoms with Crippen molar-refractivity contribution in [1.82, 2.24) is 0 Å². The molecule has 0 bridgehead atoms. The van der Waals surface area contributed by atoms with Crippen LogP contribution in [0.1, 0.15) is 22.3 Å². The monoisotopic (exact) mass is 564 g/mol. The van der Waals surface area contributed by atoms with Crippen LogP contribution in [0.5, 0.6) is 5.75 Å². The van der Waals surface area contributed by atoms with Crippen LogP contribution in [0.2, 0.25) is 0 Å². The van der Waals surface area contributed by atoms with Crippen molar-refractivity contribution in [2.45, 2.75) is 13.3 Å². The number of hydrogen-bond donors (Lipinski definition) is 0. The maximum absolute atomic E-state index is 14.5. The fraction of sp³-hybridized carbons (Fsp3) is 0.0625. The maximum atomic E-state index is 14.5. The minimum absolute atomic E-state index is 0.0117. The van der Waals surface area contributed by atoms with E-state index in [1.807, 2.05) is 0 Å². The molecule has 202 valence electrons. The number of aryl methyl sites for hydroxylation is 1. The Balaban J connectivity index is 1.85. The lowest BCUT2D eigenvalue weighted by atomic mass is 9.92. The third-order valence-electron chi connectivity index (χ3n) is 6.77. The van der Waals surface area contributed by atoms with Crippen LogP contribution >= 0.6 is 0 Å². The Labute approximate surface area is 236 Å². The fourth-order valence-electron chi connectivity index (χ4n) is 4.97. The van der Waals surface area contributed by atoms with Gasteiger partial charge in [-0.15, -0.1) is 13.2 Å². The summed E-state index contributed by atoms with van der Waals surface area (Å²) < 4.78 is 73.9. The van der Waals surface area contributed by atoms with E-state index < -0.39 is 23.7 Å². The van der Waals surface area contributed by atoms with E-state index in [0.29, 0.717) is 33.4 Å². The first-order chi connectivity index (χ1) is 20.0. The molecule has 0 radical (unpaired) electrons. The lowest BCUT2D eigenvalue weighted by Crippen LogP contribution is -2.17. The van der Waals surface area contributed by atoms with Crippen molar-refractivity contribution in [3.8, 4) is 51.3 Å². The van der Waals surface area contributed by atoms with Crippen molar-refractivity contribution < 1.29 is 26.7 Å². The zero-order valence-corrected chi connectivity index (χ0v) is 21.4. The molecule has 10 heteroatoms. The molecule has 0 fully saturated rings. The highest BCUT2D eigenvalue weighted by Gasteiger charge is 2.35. The zero-order chi connectivity index (χ0) is 30.3. The first kappa shape index (κ1) is 27.6. The zero-order valence-electron chi connectivity index (χ0n) is 21.4. The lowest BCUT2D eigenvalue weighted by molar-refractivity contribution is -0.274. The van der Waals surface area contributed by atoms with Gasteiger partial charge in [-0.25, -0.2) is 23.7 Å². The Hall–Kier alpha value is -5.97. The highest BCUT2D eigenvalue weighted by Crippen LogP contribution is 2.52. The van der Waals surface area contributed by atoms with Crippen molar-refractivity contribution in [2.75, 3.05) is 0 Å². The molecule has 0 unspecified atom stereocenters. The van der Waals surface area contributed by atoms with Crippen LogP contribution < -0.4 is 4.74 Å². The second-order valence-electron chi connectivity index (χ2n) is 9.19. The Morgan fingerprint density at radius 1 is 0.786 bits per heavy atom. The van der Waals surface area contributed by atoms with Gasteiger partial charge in [-0.05, 0) is 87.8 Å². The Morgan fingerprint density at radius 3 is 1.98 bits per heavy atom. The molecular weight excluding hydrogens is 551 g/mol. The topological polar surface area (TPSA) is 65.5 Å². The van der Waals surface area contributed by atoms with Crippen LogP contribution in [-0.4, -0.2) is 6.36 Å². The number of nitriles is 2. The second-order valence-corrected chi connectivity index (χ2v) is 9.19. The summed E-state index contributed by atoms with van der Waals surface area (Å²) in [7, 11) is 0. The third kappa shape index (κ3) is 4.68. The minimum Gasteiger partial charge on any atom is -0.405 e. The highest BCUT2D eigenvalue weighted by molar-refractivity contribution is 6.06. The van der Waals surface area contributed by atoms with Crippen LogP contribution in [0.4, 0.5) is 27.6 Å². The van der Waals surface area contributed by atoms with E-state index in [9.17, 15) is 27.2 Å². The van der Waals surface area contributed by atoms with Crippen molar-refractivity contribution >= 4 is 11.3 Å². The van der Waals surface area contributed by atoms with Crippen LogP contribution in [0.3, 0.4) is 0 Å². The van der Waals surface area contributed by atoms with E-state index in [2.05, 4.69) is 14.4 Å². The summed E-state index contributed by atoms with van der Waals surface area (Å²) >= 11 is 0. The number of ether oxygens (including phenoxy) is 1. The van der Waals surface area contributed by atoms with Crippen molar-refractivity contribution in [3.63, 3.8) is 0 Å². The summed E-state index contributed by atoms with van der Waals surface area (Å²) in [6.45, 7) is 16.3. The summed E-state index contributed by atoms with van der Waals surface area (Å²) in [4.78, 5) is 6.42. The molecule has 0 amide bonds. The molecule has 0 N–H and O–H groups in total. The number of allylic oxidation sites excluding steroid dienone is 1. The van der Waals surface area contributed by atoms with Gasteiger partial charge in [-0.3, -0.25) is 0 Å². The quantitative estimate of drug-likeness (QED) is 0.125. The van der Waals surface area contributed by atoms with E-state index in [1.165, 1.54) is 24.3 Å². The number of rotatable bonds is 3. The average molecular weight is 564 g/mol. The molecule has 0 heterocycles. The average Bonchev–Trinajstić information content (AvgIpc) is 3.23. The fourth-order valence-corrected chi connectivity index (χ4v) is 4.97. The van der Waals surface area contributed by atoms with E-state index in [0.717, 1.165) is 18.2 Å². The van der Waals surface area contributed by atoms with Gasteiger partial charge in [-0.1, -0.05) is 24.3 Å². The summed E-state index contributed by atoms with van der Waals surface area (Å²) in [5, 5.41) is 18.8. The SMILES string of the molecule is [C-]#[N+]/C(C#N)=C1\c2cc(C)c(-c3ccc([N+]#[C-])c(F)c3)cc2-c2cc(-c3ccc(C#N)c(F)c3)c(OC(F)(F)F)cc21. The molecule has 0 atom stereocenters. The standard InChI is InChI=1S/C32H13F5N4O/c1-16-8-24-22(11-20(16)17-6-7-28(40-2)27(34)10-17)23-12-21(18-4-5-19(14-38)26(33)9-18)30(42-32(35,36)37)13-25(23)31(24)29(15-39)41-3/h4-13H,1H3/b31-29+. The predicted molar refractivity (Wildman–Crippen MR) is 143 cm³/mol. The van der Waals surface area contributed by atoms with Crippen LogP contribution in [0, 0.1) is 54.4 Å². The molecule has 1 aliphatic carbocycles. The molecule has 0 saturated carbocycles. The smallest absolute Gasteiger partial charge is 0.405 e. The molecule has 1 aliphatic rings. The predicted octanol–water partition coefficient (Wildman–Crippen LogP) is 9.11. The van der Waals surface area contributed by atoms with E-state index in [-0.39, 0.29) is 39.2 Å². The number of halogens is 5. The van der Waals surface area contributed by atoms with E-state index >= 15 is 0 Å². The van der Waals surface area contributed by atoms with Gasteiger partial charge in [0, 0.05) is 11.1 Å². The van der Waals surface area contributed by atoms with Crippen LogP contribution in [-0.2, 0) is 0 Å². The normalized spacial score (nSPS) is 12.7. The summed E-state index contributed by atoms with van der Waals surface area (Å²) in [5.41, 5.74) is 1.91. The molecule has 4 aromatic rings. The largest absolute Gasteiger partial charge is 0.573 e. The van der Waals surface area contributed by atoms with Gasteiger partial charge in [0.1, 0.15) is 23.5 Å². The number of fused-ring (bicyclic) bond motifs is 3. The molecule has 5 nitrogen and oxygen atoms in total. The van der Waals surface area contributed by atoms with E-state index in [1.54, 1.807) is 37.3 Å². The molecule has 0 spiro atoms. The number of benzene rings is 4.